The molecule has 0 saturated carbocycles. The second-order valence-electron chi connectivity index (χ2n) is 7.20. The number of halogens is 1. The van der Waals surface area contributed by atoms with Crippen LogP contribution in [0.2, 0.25) is 5.02 Å². The third-order valence-electron chi connectivity index (χ3n) is 4.98. The molecule has 1 aliphatic rings. The Morgan fingerprint density at radius 1 is 1.03 bits per heavy atom. The van der Waals surface area contributed by atoms with E-state index in [4.69, 9.17) is 30.8 Å². The predicted octanol–water partition coefficient (Wildman–Crippen LogP) is 2.63. The van der Waals surface area contributed by atoms with Crippen LogP contribution in [-0.2, 0) is 15.8 Å². The van der Waals surface area contributed by atoms with E-state index in [1.54, 1.807) is 18.2 Å². The topological polar surface area (TPSA) is 129 Å². The SMILES string of the molecule is N#C[N-]S(=O)(=O)c1cc(-c2nnc(-c3ccccc3)o2)c(Cl)cc1SCc1ccc2c(c1)OCO2.[K+]. The smallest absolute Gasteiger partial charge is 0.493 e. The molecule has 0 radical (unpaired) electrons. The summed E-state index contributed by atoms with van der Waals surface area (Å²) in [5.74, 6) is 1.96. The number of hydrogen-bond acceptors (Lipinski definition) is 9. The monoisotopic (exact) mass is 564 g/mol. The summed E-state index contributed by atoms with van der Waals surface area (Å²) in [6.07, 6.45) is 1.35. The number of benzene rings is 3. The Morgan fingerprint density at radius 2 is 1.78 bits per heavy atom. The Bertz CT molecular complexity index is 1560. The Morgan fingerprint density at radius 3 is 2.56 bits per heavy atom. The van der Waals surface area contributed by atoms with Gasteiger partial charge in [-0.25, -0.2) is 8.42 Å². The van der Waals surface area contributed by atoms with Gasteiger partial charge >= 0.3 is 51.4 Å². The molecule has 2 heterocycles. The van der Waals surface area contributed by atoms with Crippen LogP contribution in [0.1, 0.15) is 5.56 Å². The number of hydrogen-bond donors (Lipinski definition) is 0. The first-order valence-electron chi connectivity index (χ1n) is 10.0. The fourth-order valence-electron chi connectivity index (χ4n) is 3.34. The molecule has 1 aliphatic heterocycles. The molecular formula is C23H14ClKN4O5S2. The normalized spacial score (nSPS) is 12.0. The van der Waals surface area contributed by atoms with Crippen LogP contribution in [0.3, 0.4) is 0 Å². The number of thioether (sulfide) groups is 1. The van der Waals surface area contributed by atoms with Crippen LogP contribution in [0.4, 0.5) is 0 Å². The average molecular weight is 565 g/mol. The van der Waals surface area contributed by atoms with Gasteiger partial charge in [0.2, 0.25) is 28.6 Å². The second-order valence-corrected chi connectivity index (χ2v) is 10.2. The number of sulfonamides is 1. The van der Waals surface area contributed by atoms with Gasteiger partial charge in [0.15, 0.2) is 11.5 Å². The van der Waals surface area contributed by atoms with Crippen molar-refractivity contribution < 1.29 is 73.7 Å². The van der Waals surface area contributed by atoms with Gasteiger partial charge in [-0.05, 0) is 42.0 Å². The summed E-state index contributed by atoms with van der Waals surface area (Å²) in [5, 5.41) is 17.2. The molecule has 36 heavy (non-hydrogen) atoms. The summed E-state index contributed by atoms with van der Waals surface area (Å²) in [4.78, 5) is 0.127. The van der Waals surface area contributed by atoms with Crippen molar-refractivity contribution in [3.8, 4) is 40.6 Å². The number of rotatable bonds is 7. The molecule has 9 nitrogen and oxygen atoms in total. The molecule has 0 amide bonds. The van der Waals surface area contributed by atoms with Crippen molar-refractivity contribution in [2.45, 2.75) is 15.5 Å². The first-order valence-corrected chi connectivity index (χ1v) is 12.9. The van der Waals surface area contributed by atoms with Crippen molar-refractivity contribution in [2.75, 3.05) is 6.79 Å². The third kappa shape index (κ3) is 5.74. The quantitative estimate of drug-likeness (QED) is 0.189. The largest absolute Gasteiger partial charge is 1.00 e. The summed E-state index contributed by atoms with van der Waals surface area (Å²) in [6.45, 7) is 0.155. The van der Waals surface area contributed by atoms with Crippen LogP contribution < -0.4 is 60.9 Å². The van der Waals surface area contributed by atoms with Gasteiger partial charge in [-0.15, -0.1) is 22.0 Å². The molecule has 5 rings (SSSR count). The first-order chi connectivity index (χ1) is 16.9. The minimum absolute atomic E-state index is 0. The molecule has 176 valence electrons. The average Bonchev–Trinajstić information content (AvgIpc) is 3.53. The summed E-state index contributed by atoms with van der Waals surface area (Å²) in [6, 6.07) is 17.4. The first kappa shape index (κ1) is 27.0. The van der Waals surface area contributed by atoms with E-state index in [1.807, 2.05) is 30.3 Å². The van der Waals surface area contributed by atoms with Crippen molar-refractivity contribution in [3.05, 3.63) is 76.0 Å². The van der Waals surface area contributed by atoms with Crippen LogP contribution in [0.5, 0.6) is 11.5 Å². The van der Waals surface area contributed by atoms with E-state index in [-0.39, 0.29) is 85.4 Å². The van der Waals surface area contributed by atoms with Crippen LogP contribution in [0.15, 0.2) is 74.9 Å². The summed E-state index contributed by atoms with van der Waals surface area (Å²) in [7, 11) is -4.30. The Balaban J connectivity index is 0.00000304. The summed E-state index contributed by atoms with van der Waals surface area (Å²) < 4.78 is 45.2. The van der Waals surface area contributed by atoms with Crippen LogP contribution in [-0.4, -0.2) is 25.4 Å². The molecular weight excluding hydrogens is 551 g/mol. The van der Waals surface area contributed by atoms with Crippen molar-refractivity contribution in [1.82, 2.24) is 10.2 Å². The van der Waals surface area contributed by atoms with E-state index >= 15 is 0 Å². The fraction of sp³-hybridized carbons (Fsp3) is 0.0870. The maximum atomic E-state index is 12.8. The number of nitrogens with zero attached hydrogens (tertiary/aromatic N) is 4. The van der Waals surface area contributed by atoms with Gasteiger partial charge in [0.1, 0.15) is 0 Å². The predicted molar refractivity (Wildman–Crippen MR) is 128 cm³/mol. The summed E-state index contributed by atoms with van der Waals surface area (Å²) in [5.41, 5.74) is 1.79. The van der Waals surface area contributed by atoms with Gasteiger partial charge in [-0.1, -0.05) is 42.1 Å². The van der Waals surface area contributed by atoms with E-state index in [2.05, 4.69) is 14.9 Å². The van der Waals surface area contributed by atoms with Gasteiger partial charge in [0.05, 0.1) is 15.5 Å². The molecule has 3 aromatic carbocycles. The van der Waals surface area contributed by atoms with Crippen LogP contribution in [0.25, 0.3) is 27.6 Å². The molecule has 4 aromatic rings. The molecule has 1 aromatic heterocycles. The van der Waals surface area contributed by atoms with E-state index in [1.165, 1.54) is 30.1 Å². The van der Waals surface area contributed by atoms with E-state index in [9.17, 15) is 8.42 Å². The van der Waals surface area contributed by atoms with Crippen molar-refractivity contribution in [3.63, 3.8) is 0 Å². The van der Waals surface area contributed by atoms with Crippen LogP contribution >= 0.6 is 23.4 Å². The Labute approximate surface area is 258 Å². The zero-order chi connectivity index (χ0) is 24.4. The maximum Gasteiger partial charge on any atom is 1.00 e. The molecule has 0 aliphatic carbocycles. The number of ether oxygens (including phenoxy) is 2. The molecule has 0 N–H and O–H groups in total. The number of fused-ring (bicyclic) bond motifs is 1. The van der Waals surface area contributed by atoms with Gasteiger partial charge in [0, 0.05) is 16.2 Å². The van der Waals surface area contributed by atoms with Crippen molar-refractivity contribution >= 4 is 33.4 Å². The van der Waals surface area contributed by atoms with Crippen molar-refractivity contribution in [2.24, 2.45) is 0 Å². The second kappa shape index (κ2) is 11.5. The maximum absolute atomic E-state index is 12.8. The van der Waals surface area contributed by atoms with Crippen LogP contribution in [0, 0.1) is 11.5 Å². The number of nitriles is 1. The van der Waals surface area contributed by atoms with E-state index in [0.29, 0.717) is 27.7 Å². The minimum Gasteiger partial charge on any atom is -0.493 e. The molecule has 0 bridgehead atoms. The van der Waals surface area contributed by atoms with Gasteiger partial charge in [0.25, 0.3) is 0 Å². The molecule has 13 heteroatoms. The van der Waals surface area contributed by atoms with Crippen molar-refractivity contribution in [1.29, 1.82) is 5.26 Å². The van der Waals surface area contributed by atoms with Gasteiger partial charge in [-0.2, -0.15) is 0 Å². The standard InChI is InChI=1S/C23H14ClN4O5S2.K/c24-17-10-20(34-11-14-6-7-18-19(8-14)32-13-31-18)21(35(29,30)26-12-25)9-16(17)23-28-27-22(33-23)15-4-2-1-3-5-15;/h1-10H,11,13H2;/q-1;+1. The molecule has 0 atom stereocenters. The fourth-order valence-corrected chi connectivity index (χ4v) is 5.83. The Hall–Kier alpha value is -2.08. The minimum atomic E-state index is -4.30. The zero-order valence-electron chi connectivity index (χ0n) is 18.7. The molecule has 0 spiro atoms. The van der Waals surface area contributed by atoms with E-state index in [0.717, 1.165) is 5.56 Å². The number of aromatic nitrogens is 2. The third-order valence-corrected chi connectivity index (χ3v) is 7.76. The summed E-state index contributed by atoms with van der Waals surface area (Å²) >= 11 is 7.73. The Kier molecular flexibility index (Phi) is 8.64. The van der Waals surface area contributed by atoms with E-state index < -0.39 is 10.0 Å². The molecule has 0 saturated heterocycles. The van der Waals surface area contributed by atoms with Gasteiger partial charge in [-0.3, -0.25) is 0 Å². The van der Waals surface area contributed by atoms with Gasteiger partial charge < -0.3 is 23.9 Å². The molecule has 0 unspecified atom stereocenters. The molecule has 0 fully saturated rings. The zero-order valence-corrected chi connectivity index (χ0v) is 24.2.